The number of benzene rings is 1. The van der Waals surface area contributed by atoms with E-state index >= 15 is 0 Å². The van der Waals surface area contributed by atoms with Crippen LogP contribution in [0.5, 0.6) is 5.75 Å². The van der Waals surface area contributed by atoms with Crippen LogP contribution in [0.25, 0.3) is 0 Å². The number of aliphatic hydroxyl groups is 1. The van der Waals surface area contributed by atoms with Crippen LogP contribution in [0.3, 0.4) is 0 Å². The van der Waals surface area contributed by atoms with E-state index in [9.17, 15) is 0 Å². The van der Waals surface area contributed by atoms with E-state index in [0.717, 1.165) is 15.5 Å². The van der Waals surface area contributed by atoms with Gasteiger partial charge in [0.05, 0.1) is 24.7 Å². The summed E-state index contributed by atoms with van der Waals surface area (Å²) in [7, 11) is 0. The van der Waals surface area contributed by atoms with Gasteiger partial charge in [-0.25, -0.2) is 0 Å². The molecule has 0 saturated heterocycles. The smallest absolute Gasteiger partial charge is 0.119 e. The quantitative estimate of drug-likeness (QED) is 0.631. The van der Waals surface area contributed by atoms with Crippen molar-refractivity contribution in [3.05, 3.63) is 52.2 Å². The molecule has 0 aliphatic carbocycles. The Labute approximate surface area is 129 Å². The SMILES string of the molecule is OCCC#Cc1ccc(COCCOc2ccccc2)s1. The number of hydrogen-bond donors (Lipinski definition) is 1. The van der Waals surface area contributed by atoms with Crippen LogP contribution in [0.2, 0.25) is 0 Å². The molecule has 2 rings (SSSR count). The summed E-state index contributed by atoms with van der Waals surface area (Å²) in [5.74, 6) is 6.79. The van der Waals surface area contributed by atoms with E-state index in [1.165, 1.54) is 0 Å². The molecule has 1 heterocycles. The molecule has 0 radical (unpaired) electrons. The molecular formula is C17H18O3S. The summed E-state index contributed by atoms with van der Waals surface area (Å²) in [6.07, 6.45) is 0.514. The molecule has 3 nitrogen and oxygen atoms in total. The summed E-state index contributed by atoms with van der Waals surface area (Å²) < 4.78 is 11.1. The lowest BCUT2D eigenvalue weighted by Crippen LogP contribution is -2.06. The fourth-order valence-corrected chi connectivity index (χ4v) is 2.46. The number of thiophene rings is 1. The zero-order valence-electron chi connectivity index (χ0n) is 11.7. The van der Waals surface area contributed by atoms with Crippen LogP contribution in [0.15, 0.2) is 42.5 Å². The Morgan fingerprint density at radius 2 is 1.90 bits per heavy atom. The number of hydrogen-bond acceptors (Lipinski definition) is 4. The van der Waals surface area contributed by atoms with E-state index in [4.69, 9.17) is 14.6 Å². The fraction of sp³-hybridized carbons (Fsp3) is 0.294. The first kappa shape index (κ1) is 15.6. The van der Waals surface area contributed by atoms with Crippen LogP contribution in [-0.2, 0) is 11.3 Å². The van der Waals surface area contributed by atoms with Crippen molar-refractivity contribution in [1.82, 2.24) is 0 Å². The maximum absolute atomic E-state index is 8.67. The van der Waals surface area contributed by atoms with E-state index < -0.39 is 0 Å². The number of para-hydroxylation sites is 1. The molecule has 0 saturated carbocycles. The zero-order chi connectivity index (χ0) is 14.8. The van der Waals surface area contributed by atoms with Crippen molar-refractivity contribution in [3.8, 4) is 17.6 Å². The molecule has 21 heavy (non-hydrogen) atoms. The van der Waals surface area contributed by atoms with Gasteiger partial charge in [0.25, 0.3) is 0 Å². The zero-order valence-corrected chi connectivity index (χ0v) is 12.6. The van der Waals surface area contributed by atoms with Gasteiger partial charge in [0.2, 0.25) is 0 Å². The molecule has 1 aromatic carbocycles. The molecule has 2 aromatic rings. The van der Waals surface area contributed by atoms with Gasteiger partial charge in [0, 0.05) is 11.3 Å². The van der Waals surface area contributed by atoms with Crippen molar-refractivity contribution < 1.29 is 14.6 Å². The highest BCUT2D eigenvalue weighted by molar-refractivity contribution is 7.12. The highest BCUT2D eigenvalue weighted by Gasteiger charge is 1.98. The molecule has 0 amide bonds. The molecule has 0 unspecified atom stereocenters. The molecule has 0 aliphatic rings. The van der Waals surface area contributed by atoms with E-state index in [1.807, 2.05) is 42.5 Å². The van der Waals surface area contributed by atoms with Crippen LogP contribution in [-0.4, -0.2) is 24.9 Å². The molecular weight excluding hydrogens is 284 g/mol. The minimum Gasteiger partial charge on any atom is -0.491 e. The van der Waals surface area contributed by atoms with Crippen molar-refractivity contribution >= 4 is 11.3 Å². The Kier molecular flexibility index (Phi) is 6.82. The maximum Gasteiger partial charge on any atom is 0.119 e. The van der Waals surface area contributed by atoms with Crippen LogP contribution < -0.4 is 4.74 Å². The van der Waals surface area contributed by atoms with E-state index in [0.29, 0.717) is 26.2 Å². The van der Waals surface area contributed by atoms with Crippen molar-refractivity contribution in [2.45, 2.75) is 13.0 Å². The van der Waals surface area contributed by atoms with Crippen LogP contribution in [0, 0.1) is 11.8 Å². The lowest BCUT2D eigenvalue weighted by Gasteiger charge is -2.06. The highest BCUT2D eigenvalue weighted by atomic mass is 32.1. The second-order valence-corrected chi connectivity index (χ2v) is 5.42. The second kappa shape index (κ2) is 9.19. The predicted molar refractivity (Wildman–Crippen MR) is 84.5 cm³/mol. The molecule has 0 bridgehead atoms. The third-order valence-electron chi connectivity index (χ3n) is 2.59. The summed E-state index contributed by atoms with van der Waals surface area (Å²) in [4.78, 5) is 2.14. The van der Waals surface area contributed by atoms with Crippen molar-refractivity contribution in [2.75, 3.05) is 19.8 Å². The van der Waals surface area contributed by atoms with E-state index in [-0.39, 0.29) is 6.61 Å². The van der Waals surface area contributed by atoms with Crippen LogP contribution in [0.4, 0.5) is 0 Å². The van der Waals surface area contributed by atoms with Crippen molar-refractivity contribution in [2.24, 2.45) is 0 Å². The maximum atomic E-state index is 8.67. The number of rotatable bonds is 7. The summed E-state index contributed by atoms with van der Waals surface area (Å²) in [6.45, 7) is 1.77. The Balaban J connectivity index is 1.64. The molecule has 0 spiro atoms. The molecule has 0 fully saturated rings. The second-order valence-electron chi connectivity index (χ2n) is 4.26. The Bertz CT molecular complexity index is 581. The predicted octanol–water partition coefficient (Wildman–Crippen LogP) is 3.08. The third-order valence-corrected chi connectivity index (χ3v) is 3.57. The minimum atomic E-state index is 0.107. The van der Waals surface area contributed by atoms with E-state index in [2.05, 4.69) is 11.8 Å². The average molecular weight is 302 g/mol. The Hall–Kier alpha value is -1.80. The van der Waals surface area contributed by atoms with E-state index in [1.54, 1.807) is 11.3 Å². The average Bonchev–Trinajstić information content (AvgIpc) is 2.96. The summed E-state index contributed by atoms with van der Waals surface area (Å²) in [6, 6.07) is 13.7. The first-order chi connectivity index (χ1) is 10.4. The largest absolute Gasteiger partial charge is 0.491 e. The van der Waals surface area contributed by atoms with Gasteiger partial charge in [-0.05, 0) is 24.3 Å². The monoisotopic (exact) mass is 302 g/mol. The molecule has 1 N–H and O–H groups in total. The normalized spacial score (nSPS) is 9.95. The van der Waals surface area contributed by atoms with Gasteiger partial charge in [0.1, 0.15) is 12.4 Å². The molecule has 0 atom stereocenters. The van der Waals surface area contributed by atoms with Crippen molar-refractivity contribution in [3.63, 3.8) is 0 Å². The lowest BCUT2D eigenvalue weighted by molar-refractivity contribution is 0.0905. The standard InChI is InChI=1S/C17H18O3S/c18-11-5-4-8-16-9-10-17(21-16)14-19-12-13-20-15-6-2-1-3-7-15/h1-3,6-7,9-10,18H,5,11-14H2. The van der Waals surface area contributed by atoms with Gasteiger partial charge in [-0.15, -0.1) is 11.3 Å². The van der Waals surface area contributed by atoms with Crippen LogP contribution >= 0.6 is 11.3 Å². The van der Waals surface area contributed by atoms with Gasteiger partial charge in [-0.3, -0.25) is 0 Å². The van der Waals surface area contributed by atoms with Gasteiger partial charge >= 0.3 is 0 Å². The number of aliphatic hydroxyl groups excluding tert-OH is 1. The Morgan fingerprint density at radius 3 is 2.71 bits per heavy atom. The summed E-state index contributed by atoms with van der Waals surface area (Å²) in [5, 5.41) is 8.67. The molecule has 0 aliphatic heterocycles. The van der Waals surface area contributed by atoms with Gasteiger partial charge < -0.3 is 14.6 Å². The topological polar surface area (TPSA) is 38.7 Å². The fourth-order valence-electron chi connectivity index (χ4n) is 1.64. The van der Waals surface area contributed by atoms with Crippen LogP contribution in [0.1, 0.15) is 16.2 Å². The molecule has 110 valence electrons. The first-order valence-electron chi connectivity index (χ1n) is 6.82. The number of ether oxygens (including phenoxy) is 2. The first-order valence-corrected chi connectivity index (χ1v) is 7.64. The summed E-state index contributed by atoms with van der Waals surface area (Å²) in [5.41, 5.74) is 0. The minimum absolute atomic E-state index is 0.107. The molecule has 1 aromatic heterocycles. The van der Waals surface area contributed by atoms with Crippen molar-refractivity contribution in [1.29, 1.82) is 0 Å². The molecule has 4 heteroatoms. The van der Waals surface area contributed by atoms with Gasteiger partial charge in [-0.2, -0.15) is 0 Å². The third kappa shape index (κ3) is 6.01. The summed E-state index contributed by atoms with van der Waals surface area (Å²) >= 11 is 1.62. The highest BCUT2D eigenvalue weighted by Crippen LogP contribution is 2.16. The lowest BCUT2D eigenvalue weighted by atomic mass is 10.3. The van der Waals surface area contributed by atoms with Gasteiger partial charge in [-0.1, -0.05) is 30.0 Å². The Morgan fingerprint density at radius 1 is 1.05 bits per heavy atom. The van der Waals surface area contributed by atoms with Gasteiger partial charge in [0.15, 0.2) is 0 Å².